The van der Waals surface area contributed by atoms with Gasteiger partial charge in [-0.25, -0.2) is 0 Å². The monoisotopic (exact) mass is 280 g/mol. The highest BCUT2D eigenvalue weighted by molar-refractivity contribution is 6.99. The Labute approximate surface area is 115 Å². The van der Waals surface area contributed by atoms with E-state index in [1.54, 1.807) is 12.4 Å². The molecular formula is C12H16N4O2S. The lowest BCUT2D eigenvalue weighted by atomic mass is 10.1. The molecule has 0 aromatic carbocycles. The van der Waals surface area contributed by atoms with E-state index in [4.69, 9.17) is 4.74 Å². The van der Waals surface area contributed by atoms with E-state index in [-0.39, 0.29) is 12.6 Å². The van der Waals surface area contributed by atoms with Gasteiger partial charge in [0.25, 0.3) is 0 Å². The number of aliphatic hydroxyl groups is 1. The van der Waals surface area contributed by atoms with Crippen LogP contribution < -0.4 is 10.1 Å². The third-order valence-corrected chi connectivity index (χ3v) is 3.09. The van der Waals surface area contributed by atoms with Gasteiger partial charge in [-0.15, -0.1) is 4.37 Å². The Morgan fingerprint density at radius 2 is 2.21 bits per heavy atom. The largest absolute Gasteiger partial charge is 0.473 e. The van der Waals surface area contributed by atoms with Crippen molar-refractivity contribution in [3.05, 3.63) is 36.3 Å². The summed E-state index contributed by atoms with van der Waals surface area (Å²) in [5, 5.41) is 13.0. The summed E-state index contributed by atoms with van der Waals surface area (Å²) in [6.07, 6.45) is 4.45. The maximum absolute atomic E-state index is 9.80. The van der Waals surface area contributed by atoms with Gasteiger partial charge in [0.15, 0.2) is 0 Å². The van der Waals surface area contributed by atoms with Crippen LogP contribution in [-0.4, -0.2) is 38.1 Å². The molecule has 2 aromatic rings. The Morgan fingerprint density at radius 3 is 2.89 bits per heavy atom. The van der Waals surface area contributed by atoms with Crippen molar-refractivity contribution in [1.82, 2.24) is 19.0 Å². The highest BCUT2D eigenvalue weighted by atomic mass is 32.1. The summed E-state index contributed by atoms with van der Waals surface area (Å²) in [4.78, 5) is 3.97. The summed E-state index contributed by atoms with van der Waals surface area (Å²) >= 11 is 1.08. The number of aliphatic hydroxyl groups excluding tert-OH is 1. The van der Waals surface area contributed by atoms with Crippen LogP contribution in [0.15, 0.2) is 30.7 Å². The zero-order valence-corrected chi connectivity index (χ0v) is 11.4. The van der Waals surface area contributed by atoms with E-state index >= 15 is 0 Å². The molecule has 0 saturated carbocycles. The molecule has 2 atom stereocenters. The van der Waals surface area contributed by atoms with Crippen LogP contribution in [0.1, 0.15) is 18.5 Å². The number of nitrogens with zero attached hydrogens (tertiary/aromatic N) is 3. The number of aromatic nitrogens is 3. The van der Waals surface area contributed by atoms with E-state index in [0.717, 1.165) is 17.3 Å². The minimum atomic E-state index is -0.592. The van der Waals surface area contributed by atoms with Crippen LogP contribution in [0, 0.1) is 0 Å². The number of hydrogen-bond acceptors (Lipinski definition) is 7. The molecule has 19 heavy (non-hydrogen) atoms. The zero-order valence-electron chi connectivity index (χ0n) is 10.6. The molecule has 0 aliphatic heterocycles. The summed E-state index contributed by atoms with van der Waals surface area (Å²) in [6.45, 7) is 2.68. The van der Waals surface area contributed by atoms with Gasteiger partial charge in [0, 0.05) is 25.0 Å². The fraction of sp³-hybridized carbons (Fsp3) is 0.417. The normalized spacial score (nSPS) is 14.0. The lowest BCUT2D eigenvalue weighted by molar-refractivity contribution is 0.102. The van der Waals surface area contributed by atoms with Gasteiger partial charge in [0.1, 0.15) is 18.9 Å². The van der Waals surface area contributed by atoms with E-state index in [1.165, 1.54) is 6.20 Å². The molecule has 0 amide bonds. The number of nitrogens with one attached hydrogen (secondary N) is 1. The molecule has 2 N–H and O–H groups in total. The lowest BCUT2D eigenvalue weighted by Crippen LogP contribution is -2.33. The molecule has 0 fully saturated rings. The molecule has 2 heterocycles. The van der Waals surface area contributed by atoms with Crippen molar-refractivity contribution in [3.8, 4) is 5.88 Å². The summed E-state index contributed by atoms with van der Waals surface area (Å²) < 4.78 is 13.0. The number of rotatable bonds is 7. The quantitative estimate of drug-likeness (QED) is 0.788. The molecule has 7 heteroatoms. The van der Waals surface area contributed by atoms with Crippen molar-refractivity contribution < 1.29 is 9.84 Å². The SMILES string of the molecule is C[C@@H](NCC(O)COc1cnsn1)c1ccncc1. The van der Waals surface area contributed by atoms with Crippen molar-refractivity contribution in [3.63, 3.8) is 0 Å². The van der Waals surface area contributed by atoms with Crippen molar-refractivity contribution >= 4 is 11.7 Å². The molecule has 2 aromatic heterocycles. The van der Waals surface area contributed by atoms with Gasteiger partial charge >= 0.3 is 0 Å². The maximum Gasteiger partial charge on any atom is 0.245 e. The summed E-state index contributed by atoms with van der Waals surface area (Å²) in [5.74, 6) is 0.450. The minimum absolute atomic E-state index is 0.151. The Hall–Kier alpha value is -1.57. The van der Waals surface area contributed by atoms with Gasteiger partial charge in [-0.1, -0.05) is 0 Å². The highest BCUT2D eigenvalue weighted by Gasteiger charge is 2.10. The second-order valence-electron chi connectivity index (χ2n) is 4.12. The minimum Gasteiger partial charge on any atom is -0.473 e. The van der Waals surface area contributed by atoms with Crippen molar-refractivity contribution in [2.75, 3.05) is 13.2 Å². The maximum atomic E-state index is 9.80. The summed E-state index contributed by atoms with van der Waals surface area (Å²) in [5.41, 5.74) is 1.13. The highest BCUT2D eigenvalue weighted by Crippen LogP contribution is 2.10. The van der Waals surface area contributed by atoms with Crippen LogP contribution >= 0.6 is 11.7 Å². The third kappa shape index (κ3) is 4.55. The van der Waals surface area contributed by atoms with Crippen LogP contribution in [-0.2, 0) is 0 Å². The molecule has 0 radical (unpaired) electrons. The smallest absolute Gasteiger partial charge is 0.245 e. The van der Waals surface area contributed by atoms with Gasteiger partial charge in [-0.3, -0.25) is 4.98 Å². The molecule has 0 aliphatic rings. The first-order valence-electron chi connectivity index (χ1n) is 5.97. The standard InChI is InChI=1S/C12H16N4O2S/c1-9(10-2-4-13-5-3-10)14-6-11(17)8-18-12-7-15-19-16-12/h2-5,7,9,11,14,17H,6,8H2,1H3/t9-,11?/m1/s1. The second kappa shape index (κ2) is 7.13. The summed E-state index contributed by atoms with van der Waals surface area (Å²) in [7, 11) is 0. The predicted molar refractivity (Wildman–Crippen MR) is 72.1 cm³/mol. The zero-order chi connectivity index (χ0) is 13.5. The van der Waals surface area contributed by atoms with E-state index in [0.29, 0.717) is 12.4 Å². The van der Waals surface area contributed by atoms with E-state index < -0.39 is 6.10 Å². The van der Waals surface area contributed by atoms with Gasteiger partial charge in [0.05, 0.1) is 11.7 Å². The fourth-order valence-corrected chi connectivity index (χ4v) is 1.91. The molecule has 1 unspecified atom stereocenters. The van der Waals surface area contributed by atoms with Gasteiger partial charge < -0.3 is 15.2 Å². The Balaban J connectivity index is 1.70. The van der Waals surface area contributed by atoms with Crippen LogP contribution in [0.3, 0.4) is 0 Å². The number of hydrogen-bond donors (Lipinski definition) is 2. The molecular weight excluding hydrogens is 264 g/mol. The van der Waals surface area contributed by atoms with E-state index in [9.17, 15) is 5.11 Å². The molecule has 0 aliphatic carbocycles. The van der Waals surface area contributed by atoms with Crippen molar-refractivity contribution in [2.45, 2.75) is 19.1 Å². The average Bonchev–Trinajstić information content (AvgIpc) is 2.96. The molecule has 0 spiro atoms. The van der Waals surface area contributed by atoms with Gasteiger partial charge in [0.2, 0.25) is 5.88 Å². The molecule has 102 valence electrons. The number of pyridine rings is 1. The average molecular weight is 280 g/mol. The van der Waals surface area contributed by atoms with Crippen LogP contribution in [0.5, 0.6) is 5.88 Å². The predicted octanol–water partition coefficient (Wildman–Crippen LogP) is 1.02. The van der Waals surface area contributed by atoms with Crippen LogP contribution in [0.4, 0.5) is 0 Å². The van der Waals surface area contributed by atoms with E-state index in [1.807, 2.05) is 19.1 Å². The van der Waals surface area contributed by atoms with Crippen LogP contribution in [0.2, 0.25) is 0 Å². The van der Waals surface area contributed by atoms with E-state index in [2.05, 4.69) is 19.0 Å². The summed E-state index contributed by atoms with van der Waals surface area (Å²) in [6, 6.07) is 4.04. The third-order valence-electron chi connectivity index (χ3n) is 2.63. The first-order chi connectivity index (χ1) is 9.25. The second-order valence-corrected chi connectivity index (χ2v) is 4.68. The lowest BCUT2D eigenvalue weighted by Gasteiger charge is -2.17. The van der Waals surface area contributed by atoms with Gasteiger partial charge in [-0.2, -0.15) is 4.37 Å². The van der Waals surface area contributed by atoms with Crippen LogP contribution in [0.25, 0.3) is 0 Å². The molecule has 0 saturated heterocycles. The van der Waals surface area contributed by atoms with Crippen molar-refractivity contribution in [2.24, 2.45) is 0 Å². The van der Waals surface area contributed by atoms with Gasteiger partial charge in [-0.05, 0) is 24.6 Å². The Morgan fingerprint density at radius 1 is 1.42 bits per heavy atom. The molecule has 2 rings (SSSR count). The molecule has 6 nitrogen and oxygen atoms in total. The number of ether oxygens (including phenoxy) is 1. The fourth-order valence-electron chi connectivity index (χ4n) is 1.54. The Kier molecular flexibility index (Phi) is 5.20. The first kappa shape index (κ1) is 13.9. The van der Waals surface area contributed by atoms with Crippen molar-refractivity contribution in [1.29, 1.82) is 0 Å². The topological polar surface area (TPSA) is 80.2 Å². The first-order valence-corrected chi connectivity index (χ1v) is 6.70. The molecule has 0 bridgehead atoms. The Bertz CT molecular complexity index is 466.